The van der Waals surface area contributed by atoms with E-state index in [1.165, 1.54) is 0 Å². The summed E-state index contributed by atoms with van der Waals surface area (Å²) < 4.78 is 5.29. The molecule has 0 radical (unpaired) electrons. The second-order valence-corrected chi connectivity index (χ2v) is 6.89. The Labute approximate surface area is 146 Å². The van der Waals surface area contributed by atoms with Crippen molar-refractivity contribution in [2.24, 2.45) is 0 Å². The first kappa shape index (κ1) is 15.6. The van der Waals surface area contributed by atoms with Crippen molar-refractivity contribution in [3.63, 3.8) is 0 Å². The zero-order chi connectivity index (χ0) is 17.6. The van der Waals surface area contributed by atoms with Gasteiger partial charge in [0.1, 0.15) is 5.76 Å². The SMILES string of the molecule is Cc1noc(C)c1CC1(C)C(=O)Nc2ccc(-c3ccccc3)cc21. The van der Waals surface area contributed by atoms with Crippen molar-refractivity contribution in [3.8, 4) is 11.1 Å². The van der Waals surface area contributed by atoms with E-state index in [0.29, 0.717) is 6.42 Å². The maximum absolute atomic E-state index is 12.8. The van der Waals surface area contributed by atoms with Crippen LogP contribution in [0, 0.1) is 13.8 Å². The summed E-state index contributed by atoms with van der Waals surface area (Å²) in [5, 5.41) is 7.06. The van der Waals surface area contributed by atoms with Crippen LogP contribution in [0.4, 0.5) is 5.69 Å². The van der Waals surface area contributed by atoms with Crippen LogP contribution in [0.3, 0.4) is 0 Å². The summed E-state index contributed by atoms with van der Waals surface area (Å²) in [5.41, 5.74) is 5.39. The van der Waals surface area contributed by atoms with Crippen LogP contribution in [0.15, 0.2) is 53.1 Å². The standard InChI is InChI=1S/C21H20N2O2/c1-13-17(14(2)25-23-13)12-21(3)18-11-16(15-7-5-4-6-8-15)9-10-19(18)22-20(21)24/h4-11H,12H2,1-3H3,(H,22,24). The summed E-state index contributed by atoms with van der Waals surface area (Å²) in [7, 11) is 0. The monoisotopic (exact) mass is 332 g/mol. The van der Waals surface area contributed by atoms with Gasteiger partial charge in [0, 0.05) is 11.3 Å². The molecule has 1 aromatic heterocycles. The summed E-state index contributed by atoms with van der Waals surface area (Å²) in [6.45, 7) is 5.81. The number of rotatable bonds is 3. The summed E-state index contributed by atoms with van der Waals surface area (Å²) in [6, 6.07) is 16.4. The van der Waals surface area contributed by atoms with E-state index in [1.807, 2.05) is 45.0 Å². The molecule has 1 aliphatic heterocycles. The van der Waals surface area contributed by atoms with Crippen molar-refractivity contribution >= 4 is 11.6 Å². The fourth-order valence-corrected chi connectivity index (χ4v) is 3.59. The van der Waals surface area contributed by atoms with Crippen LogP contribution in [-0.2, 0) is 16.6 Å². The Hall–Kier alpha value is -2.88. The average molecular weight is 332 g/mol. The van der Waals surface area contributed by atoms with Crippen molar-refractivity contribution in [2.45, 2.75) is 32.6 Å². The van der Waals surface area contributed by atoms with E-state index in [2.05, 4.69) is 34.7 Å². The zero-order valence-corrected chi connectivity index (χ0v) is 14.6. The highest BCUT2D eigenvalue weighted by molar-refractivity contribution is 6.06. The van der Waals surface area contributed by atoms with E-state index in [4.69, 9.17) is 4.52 Å². The molecule has 0 saturated heterocycles. The second kappa shape index (κ2) is 5.59. The van der Waals surface area contributed by atoms with Crippen LogP contribution in [0.2, 0.25) is 0 Å². The molecule has 4 nitrogen and oxygen atoms in total. The predicted octanol–water partition coefficient (Wildman–Crippen LogP) is 4.41. The topological polar surface area (TPSA) is 55.1 Å². The lowest BCUT2D eigenvalue weighted by molar-refractivity contribution is -0.120. The van der Waals surface area contributed by atoms with E-state index in [9.17, 15) is 4.79 Å². The lowest BCUT2D eigenvalue weighted by atomic mass is 9.77. The molecule has 1 aliphatic rings. The first-order chi connectivity index (χ1) is 12.0. The van der Waals surface area contributed by atoms with Gasteiger partial charge < -0.3 is 9.84 Å². The van der Waals surface area contributed by atoms with Crippen molar-refractivity contribution in [1.82, 2.24) is 5.16 Å². The van der Waals surface area contributed by atoms with Crippen molar-refractivity contribution < 1.29 is 9.32 Å². The minimum Gasteiger partial charge on any atom is -0.361 e. The minimum absolute atomic E-state index is 0.0210. The molecule has 1 unspecified atom stereocenters. The summed E-state index contributed by atoms with van der Waals surface area (Å²) in [5.74, 6) is 0.798. The van der Waals surface area contributed by atoms with Crippen molar-refractivity contribution in [3.05, 3.63) is 71.1 Å². The Morgan fingerprint density at radius 1 is 1.08 bits per heavy atom. The van der Waals surface area contributed by atoms with Crippen molar-refractivity contribution in [2.75, 3.05) is 5.32 Å². The molecule has 0 saturated carbocycles. The molecule has 4 rings (SSSR count). The Balaban J connectivity index is 1.80. The number of aryl methyl sites for hydroxylation is 2. The third-order valence-electron chi connectivity index (χ3n) is 5.18. The van der Waals surface area contributed by atoms with Gasteiger partial charge in [-0.05, 0) is 56.0 Å². The predicted molar refractivity (Wildman–Crippen MR) is 97.5 cm³/mol. The molecule has 4 heteroatoms. The van der Waals surface area contributed by atoms with Gasteiger partial charge in [-0.1, -0.05) is 41.6 Å². The number of hydrogen-bond acceptors (Lipinski definition) is 3. The molecule has 0 spiro atoms. The van der Waals surface area contributed by atoms with Gasteiger partial charge in [0.05, 0.1) is 11.1 Å². The maximum atomic E-state index is 12.8. The molecular formula is C21H20N2O2. The van der Waals surface area contributed by atoms with Crippen molar-refractivity contribution in [1.29, 1.82) is 0 Å². The van der Waals surface area contributed by atoms with Gasteiger partial charge in [-0.15, -0.1) is 0 Å². The van der Waals surface area contributed by atoms with Crippen LogP contribution in [0.25, 0.3) is 11.1 Å². The maximum Gasteiger partial charge on any atom is 0.235 e. The number of hydrogen-bond donors (Lipinski definition) is 1. The highest BCUT2D eigenvalue weighted by Gasteiger charge is 2.43. The number of fused-ring (bicyclic) bond motifs is 1. The third kappa shape index (κ3) is 2.45. The Kier molecular flexibility index (Phi) is 3.49. The molecular weight excluding hydrogens is 312 g/mol. The number of carbonyl (C=O) groups is 1. The Morgan fingerprint density at radius 3 is 2.52 bits per heavy atom. The average Bonchev–Trinajstić information content (AvgIpc) is 3.07. The summed E-state index contributed by atoms with van der Waals surface area (Å²) in [4.78, 5) is 12.8. The molecule has 1 N–H and O–H groups in total. The van der Waals surface area contributed by atoms with E-state index >= 15 is 0 Å². The number of anilines is 1. The van der Waals surface area contributed by atoms with Gasteiger partial charge in [-0.25, -0.2) is 0 Å². The van der Waals surface area contributed by atoms with E-state index in [-0.39, 0.29) is 5.91 Å². The molecule has 0 fully saturated rings. The number of amides is 1. The van der Waals surface area contributed by atoms with Gasteiger partial charge in [0.25, 0.3) is 0 Å². The van der Waals surface area contributed by atoms with Crippen LogP contribution in [0.5, 0.6) is 0 Å². The second-order valence-electron chi connectivity index (χ2n) is 6.89. The van der Waals surface area contributed by atoms with Gasteiger partial charge in [-0.3, -0.25) is 4.79 Å². The Morgan fingerprint density at radius 2 is 1.84 bits per heavy atom. The first-order valence-corrected chi connectivity index (χ1v) is 8.42. The van der Waals surface area contributed by atoms with E-state index in [0.717, 1.165) is 39.4 Å². The molecule has 2 aromatic carbocycles. The molecule has 25 heavy (non-hydrogen) atoms. The zero-order valence-electron chi connectivity index (χ0n) is 14.6. The lowest BCUT2D eigenvalue weighted by Gasteiger charge is -2.22. The van der Waals surface area contributed by atoms with Gasteiger partial charge in [-0.2, -0.15) is 0 Å². The molecule has 0 aliphatic carbocycles. The Bertz CT molecular complexity index is 940. The van der Waals surface area contributed by atoms with Gasteiger partial charge in [0.15, 0.2) is 0 Å². The number of nitrogens with zero attached hydrogens (tertiary/aromatic N) is 1. The van der Waals surface area contributed by atoms with Crippen LogP contribution in [-0.4, -0.2) is 11.1 Å². The number of nitrogens with one attached hydrogen (secondary N) is 1. The smallest absolute Gasteiger partial charge is 0.235 e. The highest BCUT2D eigenvalue weighted by atomic mass is 16.5. The van der Waals surface area contributed by atoms with Gasteiger partial charge in [0.2, 0.25) is 5.91 Å². The normalized spacial score (nSPS) is 18.9. The van der Waals surface area contributed by atoms with E-state index < -0.39 is 5.41 Å². The molecule has 0 bridgehead atoms. The minimum atomic E-state index is -0.638. The number of aromatic nitrogens is 1. The van der Waals surface area contributed by atoms with Crippen LogP contribution >= 0.6 is 0 Å². The third-order valence-corrected chi connectivity index (χ3v) is 5.18. The fraction of sp³-hybridized carbons (Fsp3) is 0.238. The van der Waals surface area contributed by atoms with Crippen LogP contribution < -0.4 is 5.32 Å². The lowest BCUT2D eigenvalue weighted by Crippen LogP contribution is -2.33. The largest absolute Gasteiger partial charge is 0.361 e. The number of carbonyl (C=O) groups excluding carboxylic acids is 1. The van der Waals surface area contributed by atoms with Gasteiger partial charge >= 0.3 is 0 Å². The fourth-order valence-electron chi connectivity index (χ4n) is 3.59. The molecule has 1 amide bonds. The highest BCUT2D eigenvalue weighted by Crippen LogP contribution is 2.42. The molecule has 3 aromatic rings. The molecule has 1 atom stereocenters. The summed E-state index contributed by atoms with van der Waals surface area (Å²) in [6.07, 6.45) is 0.575. The quantitative estimate of drug-likeness (QED) is 0.773. The van der Waals surface area contributed by atoms with E-state index in [1.54, 1.807) is 0 Å². The molecule has 2 heterocycles. The summed E-state index contributed by atoms with van der Waals surface area (Å²) >= 11 is 0. The molecule has 126 valence electrons. The first-order valence-electron chi connectivity index (χ1n) is 8.42. The van der Waals surface area contributed by atoms with Crippen LogP contribution in [0.1, 0.15) is 29.5 Å². The number of benzene rings is 2.